The van der Waals surface area contributed by atoms with Crippen LogP contribution in [0.2, 0.25) is 0 Å². The summed E-state index contributed by atoms with van der Waals surface area (Å²) in [6.07, 6.45) is 3.11. The molecule has 25 heavy (non-hydrogen) atoms. The number of aromatic nitrogens is 4. The number of nitriles is 1. The van der Waals surface area contributed by atoms with Crippen molar-refractivity contribution in [2.24, 2.45) is 5.73 Å². The van der Waals surface area contributed by atoms with Gasteiger partial charge in [-0.2, -0.15) is 15.5 Å². The average molecular weight is 335 g/mol. The Morgan fingerprint density at radius 3 is 2.92 bits per heavy atom. The number of amides is 1. The number of carbonyl (C=O) groups excluding carboxylic acids is 1. The van der Waals surface area contributed by atoms with Gasteiger partial charge >= 0.3 is 0 Å². The number of hydrogen-bond acceptors (Lipinski definition) is 6. The molecule has 4 N–H and O–H groups in total. The van der Waals surface area contributed by atoms with Gasteiger partial charge in [-0.1, -0.05) is 5.92 Å². The zero-order chi connectivity index (χ0) is 18.0. The number of H-pyrrole nitrogens is 1. The molecule has 9 heteroatoms. The number of ether oxygens (including phenoxy) is 1. The normalized spacial score (nSPS) is 9.96. The number of nitrogens with two attached hydrogens (primary N) is 1. The molecule has 0 fully saturated rings. The zero-order valence-electron chi connectivity index (χ0n) is 13.4. The molecule has 3 aromatic heterocycles. The third-order valence-electron chi connectivity index (χ3n) is 3.50. The molecule has 0 unspecified atom stereocenters. The lowest BCUT2D eigenvalue weighted by atomic mass is 10.2. The maximum Gasteiger partial charge on any atom is 0.255 e. The summed E-state index contributed by atoms with van der Waals surface area (Å²) >= 11 is 0. The lowest BCUT2D eigenvalue weighted by molar-refractivity contribution is 0.100. The molecule has 0 saturated heterocycles. The molecular weight excluding hydrogens is 322 g/mol. The van der Waals surface area contributed by atoms with E-state index in [2.05, 4.69) is 38.5 Å². The predicted octanol–water partition coefficient (Wildman–Crippen LogP) is 0.478. The van der Waals surface area contributed by atoms with Crippen molar-refractivity contribution in [2.45, 2.75) is 0 Å². The van der Waals surface area contributed by atoms with Crippen molar-refractivity contribution in [3.05, 3.63) is 40.8 Å². The van der Waals surface area contributed by atoms with Crippen molar-refractivity contribution < 1.29 is 9.53 Å². The second-order valence-corrected chi connectivity index (χ2v) is 4.95. The molecule has 3 heterocycles. The van der Waals surface area contributed by atoms with Gasteiger partial charge in [0.25, 0.3) is 5.91 Å². The van der Waals surface area contributed by atoms with E-state index in [-0.39, 0.29) is 5.56 Å². The van der Waals surface area contributed by atoms with Crippen molar-refractivity contribution in [1.82, 2.24) is 19.8 Å². The van der Waals surface area contributed by atoms with Crippen LogP contribution in [0.25, 0.3) is 5.52 Å². The predicted molar refractivity (Wildman–Crippen MR) is 89.1 cm³/mol. The van der Waals surface area contributed by atoms with Gasteiger partial charge < -0.3 is 15.8 Å². The van der Waals surface area contributed by atoms with E-state index in [1.165, 1.54) is 17.8 Å². The van der Waals surface area contributed by atoms with Gasteiger partial charge in [0.2, 0.25) is 0 Å². The zero-order valence-corrected chi connectivity index (χ0v) is 13.4. The molecule has 0 atom stereocenters. The first-order valence-electron chi connectivity index (χ1n) is 7.12. The van der Waals surface area contributed by atoms with E-state index in [0.717, 1.165) is 0 Å². The van der Waals surface area contributed by atoms with Gasteiger partial charge in [0.15, 0.2) is 5.82 Å². The third kappa shape index (κ3) is 2.71. The molecule has 0 aliphatic rings. The Morgan fingerprint density at radius 1 is 1.48 bits per heavy atom. The Labute approximate surface area is 142 Å². The van der Waals surface area contributed by atoms with Crippen LogP contribution in [0.5, 0.6) is 5.75 Å². The van der Waals surface area contributed by atoms with Gasteiger partial charge in [-0.05, 0) is 12.0 Å². The van der Waals surface area contributed by atoms with Gasteiger partial charge in [0.05, 0.1) is 13.3 Å². The fraction of sp³-hybridized carbons (Fsp3) is 0.125. The molecule has 3 rings (SSSR count). The molecule has 0 bridgehead atoms. The topological polar surface area (TPSA) is 134 Å². The summed E-state index contributed by atoms with van der Waals surface area (Å²) in [7, 11) is 3.13. The van der Waals surface area contributed by atoms with Crippen LogP contribution in [0, 0.1) is 23.2 Å². The molecule has 124 valence electrons. The van der Waals surface area contributed by atoms with E-state index < -0.39 is 5.91 Å². The summed E-state index contributed by atoms with van der Waals surface area (Å²) in [6.45, 7) is 0. The van der Waals surface area contributed by atoms with Gasteiger partial charge in [-0.25, -0.2) is 4.52 Å². The standard InChI is InChI=1S/C16H13N7O2/c1-19-16-13(15(18)24)11(21-22-16)4-3-9-5-12(25-2)14-10(6-17)7-20-23(14)8-9/h5,7-8H,1-2H3,(H2,18,24)(H2,19,21,22). The number of pyridine rings is 1. The Balaban J connectivity index is 2.09. The van der Waals surface area contributed by atoms with E-state index in [4.69, 9.17) is 15.7 Å². The van der Waals surface area contributed by atoms with Crippen LogP contribution in [0.15, 0.2) is 18.5 Å². The molecule has 9 nitrogen and oxygen atoms in total. The third-order valence-corrected chi connectivity index (χ3v) is 3.50. The van der Waals surface area contributed by atoms with E-state index in [1.807, 2.05) is 0 Å². The number of anilines is 1. The first-order chi connectivity index (χ1) is 12.1. The van der Waals surface area contributed by atoms with Crippen molar-refractivity contribution >= 4 is 17.2 Å². The van der Waals surface area contributed by atoms with Crippen LogP contribution in [0.1, 0.15) is 27.2 Å². The first-order valence-corrected chi connectivity index (χ1v) is 7.12. The number of fused-ring (bicyclic) bond motifs is 1. The highest BCUT2D eigenvalue weighted by molar-refractivity contribution is 5.99. The van der Waals surface area contributed by atoms with Crippen molar-refractivity contribution in [3.8, 4) is 23.7 Å². The number of nitrogens with zero attached hydrogens (tertiary/aromatic N) is 4. The van der Waals surface area contributed by atoms with E-state index in [1.54, 1.807) is 19.3 Å². The van der Waals surface area contributed by atoms with Gasteiger partial charge in [-0.15, -0.1) is 0 Å². The van der Waals surface area contributed by atoms with Crippen LogP contribution in [0.4, 0.5) is 5.82 Å². The minimum Gasteiger partial charge on any atom is -0.494 e. The molecule has 0 radical (unpaired) electrons. The maximum absolute atomic E-state index is 11.6. The largest absolute Gasteiger partial charge is 0.494 e. The fourth-order valence-corrected chi connectivity index (χ4v) is 2.38. The fourth-order valence-electron chi connectivity index (χ4n) is 2.38. The lowest BCUT2D eigenvalue weighted by Crippen LogP contribution is -2.13. The highest BCUT2D eigenvalue weighted by Crippen LogP contribution is 2.24. The van der Waals surface area contributed by atoms with Crippen molar-refractivity contribution in [2.75, 3.05) is 19.5 Å². The maximum atomic E-state index is 11.6. The minimum absolute atomic E-state index is 0.189. The number of aromatic amines is 1. The summed E-state index contributed by atoms with van der Waals surface area (Å²) in [4.78, 5) is 11.6. The lowest BCUT2D eigenvalue weighted by Gasteiger charge is -2.04. The number of hydrogen-bond donors (Lipinski definition) is 3. The Bertz CT molecular complexity index is 1080. The molecule has 0 aliphatic heterocycles. The highest BCUT2D eigenvalue weighted by Gasteiger charge is 2.16. The van der Waals surface area contributed by atoms with Gasteiger partial charge in [0, 0.05) is 18.8 Å². The van der Waals surface area contributed by atoms with E-state index in [0.29, 0.717) is 33.9 Å². The molecule has 3 aromatic rings. The number of carbonyl (C=O) groups is 1. The quantitative estimate of drug-likeness (QED) is 0.596. The number of rotatable bonds is 3. The summed E-state index contributed by atoms with van der Waals surface area (Å²) < 4.78 is 6.84. The molecule has 0 saturated carbocycles. The van der Waals surface area contributed by atoms with Crippen LogP contribution in [-0.2, 0) is 0 Å². The highest BCUT2D eigenvalue weighted by atomic mass is 16.5. The van der Waals surface area contributed by atoms with Crippen LogP contribution in [0.3, 0.4) is 0 Å². The molecule has 0 aliphatic carbocycles. The number of methoxy groups -OCH3 is 1. The molecule has 0 spiro atoms. The second-order valence-electron chi connectivity index (χ2n) is 4.95. The van der Waals surface area contributed by atoms with E-state index >= 15 is 0 Å². The van der Waals surface area contributed by atoms with Crippen LogP contribution in [-0.4, -0.2) is 39.9 Å². The first kappa shape index (κ1) is 15.9. The van der Waals surface area contributed by atoms with Gasteiger partial charge in [-0.3, -0.25) is 9.89 Å². The molecular formula is C16H13N7O2. The number of primary amides is 1. The molecule has 1 amide bonds. The minimum atomic E-state index is -0.638. The molecule has 0 aromatic carbocycles. The SMILES string of the molecule is CNc1n[nH]c(C#Cc2cc(OC)c3c(C#N)cnn3c2)c1C(N)=O. The Kier molecular flexibility index (Phi) is 3.98. The average Bonchev–Trinajstić information content (AvgIpc) is 3.22. The Morgan fingerprint density at radius 2 is 2.28 bits per heavy atom. The van der Waals surface area contributed by atoms with Crippen LogP contribution < -0.4 is 15.8 Å². The van der Waals surface area contributed by atoms with Gasteiger partial charge in [0.1, 0.15) is 34.2 Å². The van der Waals surface area contributed by atoms with Crippen molar-refractivity contribution in [3.63, 3.8) is 0 Å². The van der Waals surface area contributed by atoms with E-state index in [9.17, 15) is 4.79 Å². The summed E-state index contributed by atoms with van der Waals surface area (Å²) in [6, 6.07) is 3.74. The second kappa shape index (κ2) is 6.26. The number of nitrogens with one attached hydrogen (secondary N) is 2. The summed E-state index contributed by atoms with van der Waals surface area (Å²) in [5, 5.41) is 22.6. The van der Waals surface area contributed by atoms with Crippen LogP contribution >= 0.6 is 0 Å². The monoisotopic (exact) mass is 335 g/mol. The summed E-state index contributed by atoms with van der Waals surface area (Å²) in [5.74, 6) is 5.90. The Hall–Kier alpha value is -3.98. The summed E-state index contributed by atoms with van der Waals surface area (Å²) in [5.41, 5.74) is 7.40. The smallest absolute Gasteiger partial charge is 0.255 e. The van der Waals surface area contributed by atoms with Crippen molar-refractivity contribution in [1.29, 1.82) is 5.26 Å².